The van der Waals surface area contributed by atoms with Crippen LogP contribution in [0.2, 0.25) is 0 Å². The third-order valence-corrected chi connectivity index (χ3v) is 7.92. The average molecular weight is 502 g/mol. The second-order valence-electron chi connectivity index (χ2n) is 10.5. The highest BCUT2D eigenvalue weighted by Gasteiger charge is 2.63. The number of fused-ring (bicyclic) bond motifs is 1. The molecule has 1 atom stereocenters. The molecule has 36 heavy (non-hydrogen) atoms. The number of hydrogen-bond donors (Lipinski definition) is 1. The van der Waals surface area contributed by atoms with Gasteiger partial charge in [0.1, 0.15) is 5.58 Å². The number of furan rings is 1. The van der Waals surface area contributed by atoms with Gasteiger partial charge < -0.3 is 14.5 Å². The summed E-state index contributed by atoms with van der Waals surface area (Å²) in [4.78, 5) is 20.4. The van der Waals surface area contributed by atoms with E-state index in [2.05, 4.69) is 15.2 Å². The second-order valence-corrected chi connectivity index (χ2v) is 10.5. The number of ether oxygens (including phenoxy) is 1. The SMILES string of the molecule is CC(C)(c1ccccn1)N1CC[C@@](CCc2ccc3ccoc3c2)(C(=O)NC2(C(F)(F)F)COC2)C1. The van der Waals surface area contributed by atoms with Crippen LogP contribution >= 0.6 is 0 Å². The summed E-state index contributed by atoms with van der Waals surface area (Å²) < 4.78 is 52.0. The van der Waals surface area contributed by atoms with Gasteiger partial charge in [-0.05, 0) is 62.9 Å². The van der Waals surface area contributed by atoms with E-state index >= 15 is 0 Å². The van der Waals surface area contributed by atoms with Crippen molar-refractivity contribution in [3.63, 3.8) is 0 Å². The third-order valence-electron chi connectivity index (χ3n) is 7.92. The number of nitrogens with zero attached hydrogens (tertiary/aromatic N) is 2. The first-order chi connectivity index (χ1) is 17.0. The summed E-state index contributed by atoms with van der Waals surface area (Å²) in [5.74, 6) is -0.568. The molecule has 0 unspecified atom stereocenters. The Bertz CT molecular complexity index is 1240. The summed E-state index contributed by atoms with van der Waals surface area (Å²) in [6.45, 7) is 3.85. The molecule has 1 amide bonds. The molecule has 0 aliphatic carbocycles. The summed E-state index contributed by atoms with van der Waals surface area (Å²) in [5, 5.41) is 3.36. The zero-order chi connectivity index (χ0) is 25.6. The van der Waals surface area contributed by atoms with Crippen LogP contribution in [0, 0.1) is 5.41 Å². The quantitative estimate of drug-likeness (QED) is 0.502. The van der Waals surface area contributed by atoms with Crippen molar-refractivity contribution in [3.8, 4) is 0 Å². The molecular weight excluding hydrogens is 471 g/mol. The van der Waals surface area contributed by atoms with E-state index in [9.17, 15) is 18.0 Å². The molecular formula is C27H30F3N3O3. The number of aryl methyl sites for hydroxylation is 1. The number of carbonyl (C=O) groups excluding carboxylic acids is 1. The van der Waals surface area contributed by atoms with Crippen LogP contribution in [-0.4, -0.2) is 53.8 Å². The maximum Gasteiger partial charge on any atom is 0.416 e. The van der Waals surface area contributed by atoms with Crippen LogP contribution in [0.25, 0.3) is 11.0 Å². The molecule has 0 spiro atoms. The molecule has 0 saturated carbocycles. The Labute approximate surface area is 207 Å². The molecule has 2 aliphatic heterocycles. The lowest BCUT2D eigenvalue weighted by atomic mass is 9.78. The Morgan fingerprint density at radius 2 is 1.97 bits per heavy atom. The van der Waals surface area contributed by atoms with E-state index in [1.807, 2.05) is 56.3 Å². The number of aromatic nitrogens is 1. The maximum atomic E-state index is 13.9. The second kappa shape index (κ2) is 8.88. The van der Waals surface area contributed by atoms with Gasteiger partial charge in [-0.15, -0.1) is 0 Å². The van der Waals surface area contributed by atoms with Gasteiger partial charge in [0.2, 0.25) is 5.91 Å². The minimum atomic E-state index is -4.59. The normalized spacial score (nSPS) is 22.5. The molecule has 3 aromatic rings. The molecule has 1 aromatic carbocycles. The monoisotopic (exact) mass is 501 g/mol. The van der Waals surface area contributed by atoms with Crippen molar-refractivity contribution < 1.29 is 27.1 Å². The van der Waals surface area contributed by atoms with Crippen LogP contribution in [-0.2, 0) is 21.5 Å². The van der Waals surface area contributed by atoms with Crippen LogP contribution in [0.4, 0.5) is 13.2 Å². The molecule has 0 radical (unpaired) electrons. The fraction of sp³-hybridized carbons (Fsp3) is 0.481. The van der Waals surface area contributed by atoms with E-state index in [1.54, 1.807) is 12.5 Å². The van der Waals surface area contributed by atoms with Crippen LogP contribution in [0.1, 0.15) is 37.9 Å². The number of rotatable bonds is 7. The maximum absolute atomic E-state index is 13.9. The first-order valence-corrected chi connectivity index (χ1v) is 12.1. The number of halogens is 3. The Balaban J connectivity index is 1.42. The molecule has 1 N–H and O–H groups in total. The number of likely N-dealkylation sites (tertiary alicyclic amines) is 1. The van der Waals surface area contributed by atoms with Gasteiger partial charge in [-0.3, -0.25) is 14.7 Å². The molecule has 2 aromatic heterocycles. The number of amides is 1. The van der Waals surface area contributed by atoms with Crippen LogP contribution in [0.3, 0.4) is 0 Å². The van der Waals surface area contributed by atoms with Crippen LogP contribution < -0.4 is 5.32 Å². The lowest BCUT2D eigenvalue weighted by molar-refractivity contribution is -0.267. The molecule has 6 nitrogen and oxygen atoms in total. The van der Waals surface area contributed by atoms with Crippen molar-refractivity contribution in [1.82, 2.24) is 15.2 Å². The van der Waals surface area contributed by atoms with Crippen molar-refractivity contribution in [2.75, 3.05) is 26.3 Å². The Hall–Kier alpha value is -2.91. The molecule has 2 saturated heterocycles. The van der Waals surface area contributed by atoms with E-state index in [4.69, 9.17) is 9.15 Å². The first-order valence-electron chi connectivity index (χ1n) is 12.1. The number of nitrogens with one attached hydrogen (secondary N) is 1. The summed E-state index contributed by atoms with van der Waals surface area (Å²) in [6, 6.07) is 13.4. The van der Waals surface area contributed by atoms with Gasteiger partial charge in [0.25, 0.3) is 0 Å². The smallest absolute Gasteiger partial charge is 0.416 e. The number of carbonyl (C=O) groups is 1. The lowest BCUT2D eigenvalue weighted by Crippen LogP contribution is -2.72. The molecule has 2 aliphatic rings. The standard InChI is InChI=1S/C27H30F3N3O3/c1-24(2,22-5-3-4-12-31-22)33-13-11-25(16-33,23(34)32-26(17-35-18-26)27(28,29)30)10-8-19-6-7-20-9-14-36-21(20)15-19/h3-7,9,12,14-15H,8,10-11,13,16-18H2,1-2H3,(H,32,34)/t25-/m1/s1. The topological polar surface area (TPSA) is 67.6 Å². The van der Waals surface area contributed by atoms with Crippen LogP contribution in [0.5, 0.6) is 0 Å². The van der Waals surface area contributed by atoms with Crippen molar-refractivity contribution in [2.24, 2.45) is 5.41 Å². The van der Waals surface area contributed by atoms with Crippen LogP contribution in [0.15, 0.2) is 59.3 Å². The van der Waals surface area contributed by atoms with Gasteiger partial charge in [0.15, 0.2) is 5.54 Å². The van der Waals surface area contributed by atoms with Gasteiger partial charge in [0.05, 0.1) is 36.1 Å². The zero-order valence-electron chi connectivity index (χ0n) is 20.4. The molecule has 192 valence electrons. The van der Waals surface area contributed by atoms with Crippen molar-refractivity contribution >= 4 is 16.9 Å². The molecule has 2 fully saturated rings. The third kappa shape index (κ3) is 4.28. The molecule has 5 rings (SSSR count). The van der Waals surface area contributed by atoms with Gasteiger partial charge in [-0.1, -0.05) is 18.2 Å². The number of pyridine rings is 1. The largest absolute Gasteiger partial charge is 0.464 e. The van der Waals surface area contributed by atoms with Crippen molar-refractivity contribution in [1.29, 1.82) is 0 Å². The summed E-state index contributed by atoms with van der Waals surface area (Å²) in [7, 11) is 0. The number of hydrogen-bond acceptors (Lipinski definition) is 5. The minimum absolute atomic E-state index is 0.334. The highest BCUT2D eigenvalue weighted by atomic mass is 19.4. The number of benzene rings is 1. The Morgan fingerprint density at radius 3 is 2.64 bits per heavy atom. The van der Waals surface area contributed by atoms with E-state index in [0.717, 1.165) is 22.2 Å². The predicted octanol–water partition coefficient (Wildman–Crippen LogP) is 4.84. The summed E-state index contributed by atoms with van der Waals surface area (Å²) in [5.41, 5.74) is -1.23. The van der Waals surface area contributed by atoms with Gasteiger partial charge >= 0.3 is 6.18 Å². The molecule has 0 bridgehead atoms. The Morgan fingerprint density at radius 1 is 1.17 bits per heavy atom. The van der Waals surface area contributed by atoms with E-state index in [1.165, 1.54) is 0 Å². The van der Waals surface area contributed by atoms with Gasteiger partial charge in [-0.2, -0.15) is 13.2 Å². The highest BCUT2D eigenvalue weighted by molar-refractivity contribution is 5.84. The Kier molecular flexibility index (Phi) is 6.11. The van der Waals surface area contributed by atoms with Crippen molar-refractivity contribution in [2.45, 2.75) is 50.4 Å². The van der Waals surface area contributed by atoms with Crippen molar-refractivity contribution in [3.05, 3.63) is 66.2 Å². The average Bonchev–Trinajstić information content (AvgIpc) is 3.47. The molecule has 4 heterocycles. The fourth-order valence-electron chi connectivity index (χ4n) is 5.24. The van der Waals surface area contributed by atoms with E-state index in [-0.39, 0.29) is 0 Å². The zero-order valence-corrected chi connectivity index (χ0v) is 20.4. The van der Waals surface area contributed by atoms with E-state index in [0.29, 0.717) is 32.4 Å². The van der Waals surface area contributed by atoms with Gasteiger partial charge in [-0.25, -0.2) is 0 Å². The lowest BCUT2D eigenvalue weighted by Gasteiger charge is -2.45. The predicted molar refractivity (Wildman–Crippen MR) is 128 cm³/mol. The summed E-state index contributed by atoms with van der Waals surface area (Å²) in [6.07, 6.45) is 0.160. The fourth-order valence-corrected chi connectivity index (χ4v) is 5.24. The van der Waals surface area contributed by atoms with Gasteiger partial charge in [0, 0.05) is 24.7 Å². The molecule has 9 heteroatoms. The first kappa shape index (κ1) is 24.8. The van der Waals surface area contributed by atoms with E-state index < -0.39 is 41.8 Å². The highest BCUT2D eigenvalue weighted by Crippen LogP contribution is 2.43. The number of alkyl halides is 3. The minimum Gasteiger partial charge on any atom is -0.464 e. The summed E-state index contributed by atoms with van der Waals surface area (Å²) >= 11 is 0.